The van der Waals surface area contributed by atoms with Gasteiger partial charge in [-0.2, -0.15) is 0 Å². The van der Waals surface area contributed by atoms with Crippen LogP contribution in [0.3, 0.4) is 0 Å². The lowest BCUT2D eigenvalue weighted by Crippen LogP contribution is -2.37. The lowest BCUT2D eigenvalue weighted by molar-refractivity contribution is -0.902. The van der Waals surface area contributed by atoms with Crippen molar-refractivity contribution in [1.29, 1.82) is 0 Å². The quantitative estimate of drug-likeness (QED) is 0.709. The predicted molar refractivity (Wildman–Crippen MR) is 80.1 cm³/mol. The zero-order valence-corrected chi connectivity index (χ0v) is 12.0. The van der Waals surface area contributed by atoms with Crippen LogP contribution in [0.2, 0.25) is 0 Å². The zero-order chi connectivity index (χ0) is 13.5. The third kappa shape index (κ3) is 2.19. The Morgan fingerprint density at radius 3 is 2.00 bits per heavy atom. The van der Waals surface area contributed by atoms with Crippen molar-refractivity contribution in [1.82, 2.24) is 0 Å². The Kier molecular flexibility index (Phi) is 2.94. The molecule has 3 rings (SSSR count). The lowest BCUT2D eigenvalue weighted by atomic mass is 9.93. The van der Waals surface area contributed by atoms with Gasteiger partial charge in [0.25, 0.3) is 0 Å². The van der Waals surface area contributed by atoms with Gasteiger partial charge in [0.15, 0.2) is 0 Å². The van der Waals surface area contributed by atoms with Crippen LogP contribution < -0.4 is 0 Å². The first-order valence-corrected chi connectivity index (χ1v) is 7.02. The molecule has 0 aromatic heterocycles. The molecule has 1 aliphatic rings. The maximum Gasteiger partial charge on any atom is 0.115 e. The van der Waals surface area contributed by atoms with Gasteiger partial charge in [0.1, 0.15) is 6.04 Å². The molecule has 0 aliphatic heterocycles. The maximum atomic E-state index is 2.31. The normalized spacial score (nSPS) is 22.3. The van der Waals surface area contributed by atoms with E-state index in [9.17, 15) is 0 Å². The molecule has 0 heterocycles. The molecular weight excluding hydrogens is 230 g/mol. The summed E-state index contributed by atoms with van der Waals surface area (Å²) in [5, 5.41) is 0. The van der Waals surface area contributed by atoms with E-state index in [1.807, 2.05) is 0 Å². The largest absolute Gasteiger partial charge is 0.325 e. The van der Waals surface area contributed by atoms with Crippen LogP contribution in [0.25, 0.3) is 0 Å². The van der Waals surface area contributed by atoms with Crippen molar-refractivity contribution in [3.63, 3.8) is 0 Å². The summed E-state index contributed by atoms with van der Waals surface area (Å²) >= 11 is 0. The number of quaternary nitrogens is 1. The lowest BCUT2D eigenvalue weighted by Gasteiger charge is -2.32. The van der Waals surface area contributed by atoms with Gasteiger partial charge in [-0.25, -0.2) is 0 Å². The first kappa shape index (κ1) is 12.4. The van der Waals surface area contributed by atoms with E-state index >= 15 is 0 Å². The molecule has 0 fully saturated rings. The summed E-state index contributed by atoms with van der Waals surface area (Å²) in [5.74, 6) is 0.555. The Morgan fingerprint density at radius 1 is 0.789 bits per heavy atom. The van der Waals surface area contributed by atoms with E-state index in [0.29, 0.717) is 12.0 Å². The van der Waals surface area contributed by atoms with E-state index in [1.165, 1.54) is 23.1 Å². The van der Waals surface area contributed by atoms with Crippen molar-refractivity contribution in [2.75, 3.05) is 21.1 Å². The van der Waals surface area contributed by atoms with E-state index < -0.39 is 0 Å². The van der Waals surface area contributed by atoms with Gasteiger partial charge in [-0.15, -0.1) is 0 Å². The monoisotopic (exact) mass is 252 g/mol. The number of hydrogen-bond donors (Lipinski definition) is 0. The van der Waals surface area contributed by atoms with E-state index in [0.717, 1.165) is 4.48 Å². The molecule has 0 N–H and O–H groups in total. The molecule has 19 heavy (non-hydrogen) atoms. The fourth-order valence-electron chi connectivity index (χ4n) is 3.34. The van der Waals surface area contributed by atoms with Gasteiger partial charge >= 0.3 is 0 Å². The Bertz CT molecular complexity index is 566. The smallest absolute Gasteiger partial charge is 0.115 e. The molecule has 0 bridgehead atoms. The summed E-state index contributed by atoms with van der Waals surface area (Å²) in [6.45, 7) is 0. The van der Waals surface area contributed by atoms with Crippen molar-refractivity contribution in [2.45, 2.75) is 18.4 Å². The summed E-state index contributed by atoms with van der Waals surface area (Å²) in [6, 6.07) is 20.5. The highest BCUT2D eigenvalue weighted by atomic mass is 15.3. The summed E-state index contributed by atoms with van der Waals surface area (Å²) in [7, 11) is 6.90. The molecule has 2 aromatic rings. The van der Waals surface area contributed by atoms with Gasteiger partial charge in [0, 0.05) is 17.9 Å². The van der Waals surface area contributed by atoms with Gasteiger partial charge < -0.3 is 4.48 Å². The SMILES string of the molecule is C[N+](C)(C)C1CC(c2ccccc2)c2ccccc21. The van der Waals surface area contributed by atoms with Crippen LogP contribution in [0, 0.1) is 0 Å². The third-order valence-corrected chi connectivity index (χ3v) is 4.33. The third-order valence-electron chi connectivity index (χ3n) is 4.33. The van der Waals surface area contributed by atoms with Crippen LogP contribution in [0.4, 0.5) is 0 Å². The van der Waals surface area contributed by atoms with E-state index in [1.54, 1.807) is 0 Å². The molecule has 98 valence electrons. The number of rotatable bonds is 2. The van der Waals surface area contributed by atoms with Crippen molar-refractivity contribution in [3.05, 3.63) is 71.3 Å². The van der Waals surface area contributed by atoms with Crippen LogP contribution >= 0.6 is 0 Å². The Morgan fingerprint density at radius 2 is 1.37 bits per heavy atom. The fourth-order valence-corrected chi connectivity index (χ4v) is 3.34. The minimum Gasteiger partial charge on any atom is -0.325 e. The molecule has 1 nitrogen and oxygen atoms in total. The van der Waals surface area contributed by atoms with Gasteiger partial charge in [-0.05, 0) is 11.1 Å². The fraction of sp³-hybridized carbons (Fsp3) is 0.333. The zero-order valence-electron chi connectivity index (χ0n) is 12.0. The molecule has 0 saturated carbocycles. The van der Waals surface area contributed by atoms with Crippen LogP contribution in [0.5, 0.6) is 0 Å². The Hall–Kier alpha value is -1.60. The predicted octanol–water partition coefficient (Wildman–Crippen LogP) is 3.97. The molecule has 1 aliphatic carbocycles. The highest BCUT2D eigenvalue weighted by Crippen LogP contribution is 2.47. The topological polar surface area (TPSA) is 0 Å². The molecule has 2 atom stereocenters. The number of benzene rings is 2. The minimum atomic E-state index is 0.555. The van der Waals surface area contributed by atoms with Gasteiger partial charge in [0.05, 0.1) is 21.1 Å². The summed E-state index contributed by atoms with van der Waals surface area (Å²) < 4.78 is 1.00. The number of nitrogens with zero attached hydrogens (tertiary/aromatic N) is 1. The first-order chi connectivity index (χ1) is 9.07. The van der Waals surface area contributed by atoms with Crippen LogP contribution in [0.15, 0.2) is 54.6 Å². The summed E-state index contributed by atoms with van der Waals surface area (Å²) in [6.07, 6.45) is 1.22. The van der Waals surface area contributed by atoms with Gasteiger partial charge in [0.2, 0.25) is 0 Å². The summed E-state index contributed by atoms with van der Waals surface area (Å²) in [4.78, 5) is 0. The Labute approximate surface area is 116 Å². The molecule has 2 aromatic carbocycles. The van der Waals surface area contributed by atoms with Crippen LogP contribution in [-0.4, -0.2) is 25.6 Å². The van der Waals surface area contributed by atoms with E-state index in [2.05, 4.69) is 75.7 Å². The molecule has 0 saturated heterocycles. The number of hydrogen-bond acceptors (Lipinski definition) is 0. The van der Waals surface area contributed by atoms with Crippen molar-refractivity contribution < 1.29 is 4.48 Å². The molecule has 0 spiro atoms. The Balaban J connectivity index is 2.07. The second-order valence-corrected chi connectivity index (χ2v) is 6.46. The highest BCUT2D eigenvalue weighted by Gasteiger charge is 2.38. The maximum absolute atomic E-state index is 2.31. The molecule has 0 radical (unpaired) electrons. The molecule has 2 unspecified atom stereocenters. The van der Waals surface area contributed by atoms with Crippen molar-refractivity contribution in [3.8, 4) is 0 Å². The van der Waals surface area contributed by atoms with Crippen LogP contribution in [-0.2, 0) is 0 Å². The standard InChI is InChI=1S/C18H22N/c1-19(2,3)18-13-17(14-9-5-4-6-10-14)15-11-7-8-12-16(15)18/h4-12,17-18H,13H2,1-3H3/q+1. The minimum absolute atomic E-state index is 0.555. The van der Waals surface area contributed by atoms with Gasteiger partial charge in [-0.1, -0.05) is 54.6 Å². The highest BCUT2D eigenvalue weighted by molar-refractivity contribution is 5.43. The van der Waals surface area contributed by atoms with E-state index in [4.69, 9.17) is 0 Å². The second-order valence-electron chi connectivity index (χ2n) is 6.46. The average Bonchev–Trinajstić information content (AvgIpc) is 2.79. The second kappa shape index (κ2) is 4.50. The molecular formula is C18H22N+. The van der Waals surface area contributed by atoms with Crippen LogP contribution in [0.1, 0.15) is 35.1 Å². The molecule has 1 heteroatoms. The summed E-state index contributed by atoms with van der Waals surface area (Å²) in [5.41, 5.74) is 4.50. The van der Waals surface area contributed by atoms with Crippen molar-refractivity contribution in [2.24, 2.45) is 0 Å². The molecule has 0 amide bonds. The van der Waals surface area contributed by atoms with Crippen molar-refractivity contribution >= 4 is 0 Å². The number of fused-ring (bicyclic) bond motifs is 1. The van der Waals surface area contributed by atoms with Gasteiger partial charge in [-0.3, -0.25) is 0 Å². The first-order valence-electron chi connectivity index (χ1n) is 7.02. The van der Waals surface area contributed by atoms with E-state index in [-0.39, 0.29) is 0 Å². The average molecular weight is 252 g/mol.